The quantitative estimate of drug-likeness (QED) is 0.403. The highest BCUT2D eigenvalue weighted by atomic mass is 35.5. The maximum absolute atomic E-state index is 14.1. The van der Waals surface area contributed by atoms with Gasteiger partial charge >= 0.3 is 6.18 Å². The number of ether oxygens (including phenoxy) is 2. The van der Waals surface area contributed by atoms with Crippen LogP contribution in [0.1, 0.15) is 54.9 Å². The Bertz CT molecular complexity index is 1240. The molecule has 0 unspecified atom stereocenters. The Morgan fingerprint density at radius 2 is 1.73 bits per heavy atom. The molecule has 2 aromatic carbocycles. The second-order valence-electron chi connectivity index (χ2n) is 11.1. The first kappa shape index (κ1) is 31.0. The topological polar surface area (TPSA) is 79.3 Å². The van der Waals surface area contributed by atoms with Crippen molar-refractivity contribution in [1.29, 1.82) is 0 Å². The normalized spacial score (nSPS) is 21.0. The lowest BCUT2D eigenvalue weighted by Crippen LogP contribution is -2.57. The van der Waals surface area contributed by atoms with Gasteiger partial charge in [-0.25, -0.2) is 0 Å². The number of rotatable bonds is 9. The van der Waals surface area contributed by atoms with Gasteiger partial charge in [-0.2, -0.15) is 13.2 Å². The molecule has 1 N–H and O–H groups in total. The zero-order valence-electron chi connectivity index (χ0n) is 23.4. The van der Waals surface area contributed by atoms with Crippen LogP contribution in [0.15, 0.2) is 42.5 Å². The van der Waals surface area contributed by atoms with E-state index in [1.807, 2.05) is 0 Å². The summed E-state index contributed by atoms with van der Waals surface area (Å²) in [7, 11) is 3.32. The molecule has 2 amide bonds. The predicted molar refractivity (Wildman–Crippen MR) is 148 cm³/mol. The Morgan fingerprint density at radius 1 is 1.05 bits per heavy atom. The van der Waals surface area contributed by atoms with Crippen LogP contribution < -0.4 is 9.47 Å². The molecule has 2 fully saturated rings. The Morgan fingerprint density at radius 3 is 2.32 bits per heavy atom. The Kier molecular flexibility index (Phi) is 9.43. The lowest BCUT2D eigenvalue weighted by molar-refractivity contribution is -0.262. The second-order valence-corrected chi connectivity index (χ2v) is 11.5. The van der Waals surface area contributed by atoms with Crippen LogP contribution >= 0.6 is 11.6 Å². The highest BCUT2D eigenvalue weighted by Crippen LogP contribution is 2.43. The van der Waals surface area contributed by atoms with Crippen molar-refractivity contribution in [2.75, 3.05) is 33.8 Å². The minimum atomic E-state index is -5.20. The van der Waals surface area contributed by atoms with Gasteiger partial charge in [0.1, 0.15) is 11.5 Å². The number of halogens is 4. The van der Waals surface area contributed by atoms with Crippen molar-refractivity contribution < 1.29 is 37.3 Å². The molecule has 1 saturated heterocycles. The van der Waals surface area contributed by atoms with Crippen LogP contribution in [-0.2, 0) is 10.4 Å². The van der Waals surface area contributed by atoms with Crippen LogP contribution in [0.5, 0.6) is 11.5 Å². The summed E-state index contributed by atoms with van der Waals surface area (Å²) in [5.74, 6) is -0.0872. The second kappa shape index (κ2) is 12.5. The number of nitrogens with zero attached hydrogens (tertiary/aromatic N) is 2. The van der Waals surface area contributed by atoms with E-state index in [9.17, 15) is 27.9 Å². The van der Waals surface area contributed by atoms with Gasteiger partial charge in [-0.05, 0) is 81.2 Å². The van der Waals surface area contributed by atoms with Gasteiger partial charge in [0.15, 0.2) is 0 Å². The third-order valence-corrected chi connectivity index (χ3v) is 8.24. The van der Waals surface area contributed by atoms with Crippen molar-refractivity contribution in [2.45, 2.75) is 56.9 Å². The van der Waals surface area contributed by atoms with E-state index in [0.717, 1.165) is 36.3 Å². The molecule has 41 heavy (non-hydrogen) atoms. The lowest BCUT2D eigenvalue weighted by atomic mass is 9.74. The summed E-state index contributed by atoms with van der Waals surface area (Å²) in [5.41, 5.74) is -3.79. The predicted octanol–water partition coefficient (Wildman–Crippen LogP) is 5.68. The highest BCUT2D eigenvalue weighted by molar-refractivity contribution is 6.34. The fourth-order valence-electron chi connectivity index (χ4n) is 5.60. The average Bonchev–Trinajstić information content (AvgIpc) is 2.90. The van der Waals surface area contributed by atoms with Gasteiger partial charge in [0, 0.05) is 32.7 Å². The Balaban J connectivity index is 1.28. The van der Waals surface area contributed by atoms with Gasteiger partial charge in [-0.15, -0.1) is 0 Å². The molecule has 4 rings (SSSR count). The zero-order valence-corrected chi connectivity index (χ0v) is 24.2. The number of hydrogen-bond acceptors (Lipinski definition) is 5. The maximum atomic E-state index is 14.1. The van der Waals surface area contributed by atoms with Crippen molar-refractivity contribution in [1.82, 2.24) is 9.80 Å². The number of carbonyl (C=O) groups is 2. The zero-order chi connectivity index (χ0) is 29.9. The fraction of sp³-hybridized carbons (Fsp3) is 0.533. The third-order valence-electron chi connectivity index (χ3n) is 7.92. The molecule has 11 heteroatoms. The molecular weight excluding hydrogens is 561 g/mol. The van der Waals surface area contributed by atoms with E-state index in [4.69, 9.17) is 21.1 Å². The largest absolute Gasteiger partial charge is 0.494 e. The molecule has 1 atom stereocenters. The minimum Gasteiger partial charge on any atom is -0.494 e. The van der Waals surface area contributed by atoms with Crippen LogP contribution in [0, 0.1) is 11.8 Å². The Hall–Kier alpha value is -2.98. The van der Waals surface area contributed by atoms with Crippen molar-refractivity contribution in [2.24, 2.45) is 11.8 Å². The highest BCUT2D eigenvalue weighted by Gasteiger charge is 2.62. The molecule has 1 aliphatic carbocycles. The molecular formula is C30H36ClF3N2O5. The van der Waals surface area contributed by atoms with Crippen molar-refractivity contribution in [3.8, 4) is 11.5 Å². The van der Waals surface area contributed by atoms with Gasteiger partial charge in [-0.3, -0.25) is 9.59 Å². The standard InChI is InChI=1S/C30H36ClF3N2O5/c1-4-40-22-7-5-6-21(17-22)29(39,30(32,33)34)28(38)36-12-10-19(11-13-36)14-20-15-24(16-20)41-23-8-9-25(26(31)18-23)27(37)35(2)3/h5-9,17-20,24,39H,4,10-16H2,1-3H3/t20-,24+,29-/m1/s1. The average molecular weight is 597 g/mol. The summed E-state index contributed by atoms with van der Waals surface area (Å²) in [6.45, 7) is 2.23. The lowest BCUT2D eigenvalue weighted by Gasteiger charge is -2.41. The molecule has 2 aromatic rings. The van der Waals surface area contributed by atoms with Gasteiger partial charge < -0.3 is 24.4 Å². The number of carbonyl (C=O) groups excluding carboxylic acids is 2. The van der Waals surface area contributed by atoms with E-state index in [2.05, 4.69) is 0 Å². The van der Waals surface area contributed by atoms with Gasteiger partial charge in [0.25, 0.3) is 17.4 Å². The van der Waals surface area contributed by atoms with Crippen molar-refractivity contribution in [3.63, 3.8) is 0 Å². The summed E-state index contributed by atoms with van der Waals surface area (Å²) in [5, 5.41) is 11.1. The number of aliphatic hydroxyl groups is 1. The van der Waals surface area contributed by atoms with E-state index in [1.54, 1.807) is 39.2 Å². The molecule has 0 bridgehead atoms. The summed E-state index contributed by atoms with van der Waals surface area (Å²) < 4.78 is 53.7. The van der Waals surface area contributed by atoms with E-state index >= 15 is 0 Å². The third kappa shape index (κ3) is 6.75. The first-order valence-electron chi connectivity index (χ1n) is 13.8. The van der Waals surface area contributed by atoms with Gasteiger partial charge in [0.05, 0.1) is 23.3 Å². The summed E-state index contributed by atoms with van der Waals surface area (Å²) in [6, 6.07) is 10.0. The molecule has 224 valence electrons. The number of likely N-dealkylation sites (tertiary alicyclic amines) is 1. The van der Waals surface area contributed by atoms with Crippen molar-refractivity contribution in [3.05, 3.63) is 58.6 Å². The summed E-state index contributed by atoms with van der Waals surface area (Å²) in [6.07, 6.45) is -1.44. The molecule has 1 aliphatic heterocycles. The van der Waals surface area contributed by atoms with Crippen LogP contribution in [-0.4, -0.2) is 72.8 Å². The van der Waals surface area contributed by atoms with E-state index in [0.29, 0.717) is 35.1 Å². The Labute approximate surface area is 243 Å². The van der Waals surface area contributed by atoms with Crippen molar-refractivity contribution >= 4 is 23.4 Å². The number of piperidine rings is 1. The SMILES string of the molecule is CCOc1cccc([C@@](O)(C(=O)N2CCC(C[C@H]3C[C@@H](Oc4ccc(C(=O)N(C)C)c(Cl)c4)C3)CC2)C(F)(F)F)c1. The van der Waals surface area contributed by atoms with E-state index in [1.165, 1.54) is 17.0 Å². The molecule has 0 radical (unpaired) electrons. The number of hydrogen-bond donors (Lipinski definition) is 1. The smallest absolute Gasteiger partial charge is 0.430 e. The van der Waals surface area contributed by atoms with E-state index < -0.39 is 23.2 Å². The van der Waals surface area contributed by atoms with E-state index in [-0.39, 0.29) is 43.4 Å². The van der Waals surface area contributed by atoms with Crippen LogP contribution in [0.2, 0.25) is 5.02 Å². The van der Waals surface area contributed by atoms with Gasteiger partial charge in [-0.1, -0.05) is 23.7 Å². The summed E-state index contributed by atoms with van der Waals surface area (Å²) >= 11 is 6.27. The minimum absolute atomic E-state index is 0.0300. The molecule has 1 saturated carbocycles. The monoisotopic (exact) mass is 596 g/mol. The molecule has 0 aromatic heterocycles. The number of alkyl halides is 3. The number of amides is 2. The number of benzene rings is 2. The van der Waals surface area contributed by atoms with Crippen LogP contribution in [0.4, 0.5) is 13.2 Å². The van der Waals surface area contributed by atoms with Crippen LogP contribution in [0.3, 0.4) is 0 Å². The van der Waals surface area contributed by atoms with Crippen LogP contribution in [0.25, 0.3) is 0 Å². The molecule has 0 spiro atoms. The fourth-order valence-corrected chi connectivity index (χ4v) is 5.85. The molecule has 7 nitrogen and oxygen atoms in total. The van der Waals surface area contributed by atoms with Gasteiger partial charge in [0.2, 0.25) is 0 Å². The molecule has 1 heterocycles. The summed E-state index contributed by atoms with van der Waals surface area (Å²) in [4.78, 5) is 27.9. The maximum Gasteiger partial charge on any atom is 0.430 e. The first-order chi connectivity index (χ1) is 19.3. The molecule has 2 aliphatic rings. The first-order valence-corrected chi connectivity index (χ1v) is 14.2.